The Morgan fingerprint density at radius 2 is 1.73 bits per heavy atom. The molecule has 2 aromatic rings. The minimum absolute atomic E-state index is 0.228. The zero-order valence-electron chi connectivity index (χ0n) is 18.1. The number of piperidine rings is 1. The number of hydrogen-bond acceptors (Lipinski definition) is 5. The quantitative estimate of drug-likeness (QED) is 0.654. The van der Waals surface area contributed by atoms with Crippen LogP contribution in [0.15, 0.2) is 36.4 Å². The van der Waals surface area contributed by atoms with Crippen molar-refractivity contribution in [2.75, 3.05) is 29.9 Å². The SMILES string of the molecule is O=C(NCCC1CC1)c1ccc(N2CCC(C(=O)Nc3ccccc3C(F)(F)F)CC2)nn1. The lowest BCUT2D eigenvalue weighted by molar-refractivity contribution is -0.137. The smallest absolute Gasteiger partial charge is 0.355 e. The van der Waals surface area contributed by atoms with Gasteiger partial charge in [0.2, 0.25) is 5.91 Å². The maximum Gasteiger partial charge on any atom is 0.418 e. The number of amides is 2. The Balaban J connectivity index is 1.28. The molecule has 0 unspecified atom stereocenters. The maximum atomic E-state index is 13.2. The molecule has 1 aliphatic carbocycles. The van der Waals surface area contributed by atoms with Crippen LogP contribution in [-0.2, 0) is 11.0 Å². The number of carbonyl (C=O) groups excluding carboxylic acids is 2. The van der Waals surface area contributed by atoms with Gasteiger partial charge in [0.1, 0.15) is 0 Å². The van der Waals surface area contributed by atoms with Gasteiger partial charge in [-0.05, 0) is 49.4 Å². The molecule has 0 atom stereocenters. The van der Waals surface area contributed by atoms with Gasteiger partial charge in [0.05, 0.1) is 11.3 Å². The minimum Gasteiger partial charge on any atom is -0.355 e. The second-order valence-electron chi connectivity index (χ2n) is 8.56. The molecule has 33 heavy (non-hydrogen) atoms. The van der Waals surface area contributed by atoms with Crippen molar-refractivity contribution in [3.8, 4) is 0 Å². The van der Waals surface area contributed by atoms with Crippen molar-refractivity contribution in [1.29, 1.82) is 0 Å². The van der Waals surface area contributed by atoms with Crippen LogP contribution in [-0.4, -0.2) is 41.6 Å². The van der Waals surface area contributed by atoms with Gasteiger partial charge >= 0.3 is 6.18 Å². The zero-order valence-corrected chi connectivity index (χ0v) is 18.1. The van der Waals surface area contributed by atoms with Crippen LogP contribution in [0.25, 0.3) is 0 Å². The molecule has 4 rings (SSSR count). The van der Waals surface area contributed by atoms with Crippen molar-refractivity contribution in [3.05, 3.63) is 47.7 Å². The van der Waals surface area contributed by atoms with Crippen molar-refractivity contribution in [2.24, 2.45) is 11.8 Å². The highest BCUT2D eigenvalue weighted by Crippen LogP contribution is 2.35. The van der Waals surface area contributed by atoms with Crippen LogP contribution in [0.2, 0.25) is 0 Å². The van der Waals surface area contributed by atoms with Gasteiger partial charge in [-0.2, -0.15) is 13.2 Å². The fourth-order valence-corrected chi connectivity index (χ4v) is 3.95. The molecule has 1 aromatic heterocycles. The van der Waals surface area contributed by atoms with E-state index in [1.165, 1.54) is 31.0 Å². The Morgan fingerprint density at radius 3 is 2.36 bits per heavy atom. The van der Waals surface area contributed by atoms with Crippen LogP contribution in [0, 0.1) is 11.8 Å². The number of halogens is 3. The fourth-order valence-electron chi connectivity index (χ4n) is 3.95. The Hall–Kier alpha value is -3.17. The summed E-state index contributed by atoms with van der Waals surface area (Å²) in [5.74, 6) is 0.279. The van der Waals surface area contributed by atoms with E-state index in [4.69, 9.17) is 0 Å². The normalized spacial score (nSPS) is 17.0. The van der Waals surface area contributed by atoms with E-state index in [-0.39, 0.29) is 17.3 Å². The molecule has 0 spiro atoms. The average Bonchev–Trinajstić information content (AvgIpc) is 3.63. The Bertz CT molecular complexity index is 984. The molecule has 10 heteroatoms. The Morgan fingerprint density at radius 1 is 1.00 bits per heavy atom. The van der Waals surface area contributed by atoms with E-state index >= 15 is 0 Å². The molecular formula is C23H26F3N5O2. The number of para-hydroxylation sites is 1. The van der Waals surface area contributed by atoms with E-state index in [1.807, 2.05) is 4.90 Å². The van der Waals surface area contributed by atoms with Crippen LogP contribution in [0.5, 0.6) is 0 Å². The van der Waals surface area contributed by atoms with Gasteiger partial charge in [0.25, 0.3) is 5.91 Å². The maximum absolute atomic E-state index is 13.2. The molecule has 176 valence electrons. The number of anilines is 2. The van der Waals surface area contributed by atoms with E-state index in [1.54, 1.807) is 12.1 Å². The Labute approximate surface area is 189 Å². The molecule has 2 heterocycles. The second-order valence-corrected chi connectivity index (χ2v) is 8.56. The average molecular weight is 461 g/mol. The molecule has 1 aromatic carbocycles. The fraction of sp³-hybridized carbons (Fsp3) is 0.478. The number of aromatic nitrogens is 2. The molecule has 0 radical (unpaired) electrons. The van der Waals surface area contributed by atoms with Crippen molar-refractivity contribution in [1.82, 2.24) is 15.5 Å². The van der Waals surface area contributed by atoms with Crippen LogP contribution in [0.3, 0.4) is 0 Å². The summed E-state index contributed by atoms with van der Waals surface area (Å²) in [5, 5.41) is 13.5. The van der Waals surface area contributed by atoms with Crippen LogP contribution < -0.4 is 15.5 Å². The molecule has 2 fully saturated rings. The third kappa shape index (κ3) is 6.00. The van der Waals surface area contributed by atoms with Crippen molar-refractivity contribution < 1.29 is 22.8 Å². The van der Waals surface area contributed by atoms with Crippen molar-refractivity contribution in [3.63, 3.8) is 0 Å². The highest BCUT2D eigenvalue weighted by molar-refractivity contribution is 5.93. The Kier molecular flexibility index (Phi) is 6.80. The molecule has 2 amide bonds. The van der Waals surface area contributed by atoms with E-state index in [0.29, 0.717) is 38.3 Å². The monoisotopic (exact) mass is 461 g/mol. The minimum atomic E-state index is -4.54. The standard InChI is InChI=1S/C23H26F3N5O2/c24-23(25,26)17-3-1-2-4-18(17)28-21(32)16-10-13-31(14-11-16)20-8-7-19(29-30-20)22(33)27-12-9-15-5-6-15/h1-4,7-8,15-16H,5-6,9-14H2,(H,27,33)(H,28,32). The third-order valence-corrected chi connectivity index (χ3v) is 6.10. The van der Waals surface area contributed by atoms with Crippen LogP contribution >= 0.6 is 0 Å². The number of alkyl halides is 3. The lowest BCUT2D eigenvalue weighted by Gasteiger charge is -2.32. The molecule has 1 saturated carbocycles. The summed E-state index contributed by atoms with van der Waals surface area (Å²) in [6.07, 6.45) is -0.114. The van der Waals surface area contributed by atoms with Gasteiger partial charge in [-0.15, -0.1) is 10.2 Å². The van der Waals surface area contributed by atoms with E-state index in [2.05, 4.69) is 20.8 Å². The summed E-state index contributed by atoms with van der Waals surface area (Å²) in [7, 11) is 0. The largest absolute Gasteiger partial charge is 0.418 e. The highest BCUT2D eigenvalue weighted by Gasteiger charge is 2.34. The molecule has 1 saturated heterocycles. The molecular weight excluding hydrogens is 435 g/mol. The summed E-state index contributed by atoms with van der Waals surface area (Å²) in [4.78, 5) is 26.7. The summed E-state index contributed by atoms with van der Waals surface area (Å²) < 4.78 is 39.5. The van der Waals surface area contributed by atoms with Gasteiger partial charge < -0.3 is 15.5 Å². The molecule has 7 nitrogen and oxygen atoms in total. The lowest BCUT2D eigenvalue weighted by atomic mass is 9.95. The predicted octanol–water partition coefficient (Wildman–Crippen LogP) is 3.88. The van der Waals surface area contributed by atoms with E-state index in [9.17, 15) is 22.8 Å². The summed E-state index contributed by atoms with van der Waals surface area (Å²) in [6.45, 7) is 1.66. The summed E-state index contributed by atoms with van der Waals surface area (Å²) >= 11 is 0. The number of rotatable bonds is 7. The molecule has 2 N–H and O–H groups in total. The number of hydrogen-bond donors (Lipinski definition) is 2. The van der Waals surface area contributed by atoms with Gasteiger partial charge in [-0.25, -0.2) is 0 Å². The topological polar surface area (TPSA) is 87.2 Å². The third-order valence-electron chi connectivity index (χ3n) is 6.10. The first kappa shape index (κ1) is 23.0. The number of carbonyl (C=O) groups is 2. The summed E-state index contributed by atoms with van der Waals surface area (Å²) in [5.41, 5.74) is -0.829. The first-order valence-electron chi connectivity index (χ1n) is 11.1. The number of benzene rings is 1. The molecule has 1 aliphatic heterocycles. The summed E-state index contributed by atoms with van der Waals surface area (Å²) in [6, 6.07) is 8.32. The predicted molar refractivity (Wildman–Crippen MR) is 117 cm³/mol. The molecule has 2 aliphatic rings. The van der Waals surface area contributed by atoms with Gasteiger partial charge in [-0.3, -0.25) is 9.59 Å². The van der Waals surface area contributed by atoms with Crippen LogP contribution in [0.1, 0.15) is 48.2 Å². The van der Waals surface area contributed by atoms with Gasteiger partial charge in [0.15, 0.2) is 11.5 Å². The first-order chi connectivity index (χ1) is 15.8. The van der Waals surface area contributed by atoms with Gasteiger partial charge in [0, 0.05) is 25.6 Å². The van der Waals surface area contributed by atoms with E-state index < -0.39 is 23.6 Å². The van der Waals surface area contributed by atoms with E-state index in [0.717, 1.165) is 18.4 Å². The van der Waals surface area contributed by atoms with Gasteiger partial charge in [-0.1, -0.05) is 25.0 Å². The first-order valence-corrected chi connectivity index (χ1v) is 11.1. The number of nitrogens with one attached hydrogen (secondary N) is 2. The molecule has 0 bridgehead atoms. The zero-order chi connectivity index (χ0) is 23.4. The van der Waals surface area contributed by atoms with Crippen molar-refractivity contribution in [2.45, 2.75) is 38.3 Å². The van der Waals surface area contributed by atoms with Crippen LogP contribution in [0.4, 0.5) is 24.7 Å². The second kappa shape index (κ2) is 9.76. The lowest BCUT2D eigenvalue weighted by Crippen LogP contribution is -2.39. The highest BCUT2D eigenvalue weighted by atomic mass is 19.4. The van der Waals surface area contributed by atoms with Crippen molar-refractivity contribution >= 4 is 23.3 Å². The number of nitrogens with zero attached hydrogens (tertiary/aromatic N) is 3.